The minimum absolute atomic E-state index is 0.0414. The largest absolute Gasteiger partial charge is 0.490 e. The van der Waals surface area contributed by atoms with Crippen LogP contribution in [0.3, 0.4) is 0 Å². The summed E-state index contributed by atoms with van der Waals surface area (Å²) in [6.45, 7) is 5.16. The summed E-state index contributed by atoms with van der Waals surface area (Å²) in [5.74, 6) is 0.718. The van der Waals surface area contributed by atoms with Crippen molar-refractivity contribution in [2.45, 2.75) is 12.5 Å². The topological polar surface area (TPSA) is 38.7 Å². The number of hydrogen-bond donors (Lipinski definition) is 1. The van der Waals surface area contributed by atoms with Crippen molar-refractivity contribution in [2.75, 3.05) is 19.8 Å². The molecule has 0 amide bonds. The molecule has 2 aromatic carbocycles. The Hall–Kier alpha value is -2.10. The van der Waals surface area contributed by atoms with Crippen LogP contribution in [0.2, 0.25) is 0 Å². The van der Waals surface area contributed by atoms with Crippen molar-refractivity contribution in [1.82, 2.24) is 0 Å². The van der Waals surface area contributed by atoms with Crippen LogP contribution in [0.15, 0.2) is 67.3 Å². The molecule has 1 N–H and O–H groups in total. The lowest BCUT2D eigenvalue weighted by atomic mass is 10.0. The number of aliphatic hydroxyl groups is 1. The molecule has 0 heterocycles. The van der Waals surface area contributed by atoms with Gasteiger partial charge in [0.2, 0.25) is 0 Å². The van der Waals surface area contributed by atoms with E-state index >= 15 is 0 Å². The highest BCUT2D eigenvalue weighted by Crippen LogP contribution is 2.21. The molecule has 0 aliphatic heterocycles. The van der Waals surface area contributed by atoms with Crippen LogP contribution in [0.4, 0.5) is 0 Å². The molecule has 3 heteroatoms. The normalized spacial score (nSPS) is 11.9. The van der Waals surface area contributed by atoms with E-state index in [0.29, 0.717) is 19.8 Å². The van der Waals surface area contributed by atoms with Gasteiger partial charge >= 0.3 is 0 Å². The SMILES string of the molecule is C=CCOc1cccc([C@H](CO)COCc2ccccc2)c1. The van der Waals surface area contributed by atoms with Crippen LogP contribution < -0.4 is 4.74 Å². The molecule has 2 aromatic rings. The number of aliphatic hydroxyl groups excluding tert-OH is 1. The predicted octanol–water partition coefficient (Wildman–Crippen LogP) is 3.54. The van der Waals surface area contributed by atoms with E-state index in [1.165, 1.54) is 0 Å². The Morgan fingerprint density at radius 1 is 1.09 bits per heavy atom. The van der Waals surface area contributed by atoms with Crippen molar-refractivity contribution in [1.29, 1.82) is 0 Å². The highest BCUT2D eigenvalue weighted by Gasteiger charge is 2.11. The van der Waals surface area contributed by atoms with Gasteiger partial charge in [-0.15, -0.1) is 0 Å². The number of rotatable bonds is 9. The van der Waals surface area contributed by atoms with Gasteiger partial charge in [-0.3, -0.25) is 0 Å². The standard InChI is InChI=1S/C19H22O3/c1-2-11-22-19-10-6-9-17(12-19)18(13-20)15-21-14-16-7-4-3-5-8-16/h2-10,12,18,20H,1,11,13-15H2/t18-/m1/s1. The molecule has 0 aliphatic carbocycles. The Balaban J connectivity index is 1.91. The van der Waals surface area contributed by atoms with Crippen LogP contribution in [0.1, 0.15) is 17.0 Å². The van der Waals surface area contributed by atoms with Crippen molar-refractivity contribution >= 4 is 0 Å². The van der Waals surface area contributed by atoms with E-state index in [0.717, 1.165) is 16.9 Å². The zero-order valence-electron chi connectivity index (χ0n) is 12.7. The summed E-state index contributed by atoms with van der Waals surface area (Å²) >= 11 is 0. The fourth-order valence-corrected chi connectivity index (χ4v) is 2.16. The third-order valence-corrected chi connectivity index (χ3v) is 3.35. The third-order valence-electron chi connectivity index (χ3n) is 3.35. The molecule has 0 fully saturated rings. The predicted molar refractivity (Wildman–Crippen MR) is 88.1 cm³/mol. The van der Waals surface area contributed by atoms with E-state index in [4.69, 9.17) is 9.47 Å². The minimum Gasteiger partial charge on any atom is -0.490 e. The average Bonchev–Trinajstić information content (AvgIpc) is 2.58. The van der Waals surface area contributed by atoms with E-state index in [-0.39, 0.29) is 12.5 Å². The van der Waals surface area contributed by atoms with E-state index in [1.807, 2.05) is 54.6 Å². The second kappa shape index (κ2) is 9.03. The van der Waals surface area contributed by atoms with Gasteiger partial charge in [0.15, 0.2) is 0 Å². The maximum Gasteiger partial charge on any atom is 0.120 e. The van der Waals surface area contributed by atoms with Crippen molar-refractivity contribution in [2.24, 2.45) is 0 Å². The molecular formula is C19H22O3. The van der Waals surface area contributed by atoms with Gasteiger partial charge in [0.25, 0.3) is 0 Å². The smallest absolute Gasteiger partial charge is 0.120 e. The van der Waals surface area contributed by atoms with Gasteiger partial charge in [-0.05, 0) is 23.3 Å². The first kappa shape index (κ1) is 16.3. The molecule has 3 nitrogen and oxygen atoms in total. The minimum atomic E-state index is -0.0593. The van der Waals surface area contributed by atoms with E-state index in [9.17, 15) is 5.11 Å². The van der Waals surface area contributed by atoms with Gasteiger partial charge < -0.3 is 14.6 Å². The molecule has 0 radical (unpaired) electrons. The van der Waals surface area contributed by atoms with Crippen molar-refractivity contribution in [3.8, 4) is 5.75 Å². The maximum absolute atomic E-state index is 9.61. The Bertz CT molecular complexity index is 566. The first-order valence-electron chi connectivity index (χ1n) is 7.39. The summed E-state index contributed by atoms with van der Waals surface area (Å²) in [6.07, 6.45) is 1.71. The quantitative estimate of drug-likeness (QED) is 0.720. The number of ether oxygens (including phenoxy) is 2. The Morgan fingerprint density at radius 3 is 2.64 bits per heavy atom. The molecule has 0 saturated carbocycles. The van der Waals surface area contributed by atoms with Crippen LogP contribution >= 0.6 is 0 Å². The molecule has 0 bridgehead atoms. The summed E-state index contributed by atoms with van der Waals surface area (Å²) in [6, 6.07) is 17.7. The Labute approximate surface area is 131 Å². The molecule has 0 saturated heterocycles. The fraction of sp³-hybridized carbons (Fsp3) is 0.263. The lowest BCUT2D eigenvalue weighted by Gasteiger charge is -2.16. The highest BCUT2D eigenvalue weighted by atomic mass is 16.5. The summed E-state index contributed by atoms with van der Waals surface area (Å²) < 4.78 is 11.3. The second-order valence-corrected chi connectivity index (χ2v) is 5.05. The van der Waals surface area contributed by atoms with Crippen LogP contribution in [-0.4, -0.2) is 24.9 Å². The van der Waals surface area contributed by atoms with Crippen LogP contribution in [0, 0.1) is 0 Å². The van der Waals surface area contributed by atoms with Gasteiger partial charge in [-0.1, -0.05) is 55.1 Å². The van der Waals surface area contributed by atoms with Crippen molar-refractivity contribution < 1.29 is 14.6 Å². The second-order valence-electron chi connectivity index (χ2n) is 5.05. The number of hydrogen-bond acceptors (Lipinski definition) is 3. The summed E-state index contributed by atoms with van der Waals surface area (Å²) in [5.41, 5.74) is 2.14. The Morgan fingerprint density at radius 2 is 1.91 bits per heavy atom. The van der Waals surface area contributed by atoms with E-state index in [1.54, 1.807) is 6.08 Å². The van der Waals surface area contributed by atoms with Crippen LogP contribution in [-0.2, 0) is 11.3 Å². The van der Waals surface area contributed by atoms with Crippen LogP contribution in [0.25, 0.3) is 0 Å². The first-order chi connectivity index (χ1) is 10.8. The molecule has 116 valence electrons. The van der Waals surface area contributed by atoms with Crippen LogP contribution in [0.5, 0.6) is 5.75 Å². The monoisotopic (exact) mass is 298 g/mol. The van der Waals surface area contributed by atoms with Gasteiger partial charge in [-0.25, -0.2) is 0 Å². The molecule has 2 rings (SSSR count). The first-order valence-corrected chi connectivity index (χ1v) is 7.39. The highest BCUT2D eigenvalue weighted by molar-refractivity contribution is 5.31. The Kier molecular flexibility index (Phi) is 6.68. The van der Waals surface area contributed by atoms with Gasteiger partial charge in [0.1, 0.15) is 12.4 Å². The molecule has 22 heavy (non-hydrogen) atoms. The molecule has 0 aliphatic rings. The van der Waals surface area contributed by atoms with E-state index < -0.39 is 0 Å². The molecule has 0 aromatic heterocycles. The average molecular weight is 298 g/mol. The zero-order chi connectivity index (χ0) is 15.6. The fourth-order valence-electron chi connectivity index (χ4n) is 2.16. The number of benzene rings is 2. The summed E-state index contributed by atoms with van der Waals surface area (Å²) in [7, 11) is 0. The molecule has 0 spiro atoms. The molecular weight excluding hydrogens is 276 g/mol. The maximum atomic E-state index is 9.61. The summed E-state index contributed by atoms with van der Waals surface area (Å²) in [5, 5.41) is 9.61. The van der Waals surface area contributed by atoms with Gasteiger partial charge in [0, 0.05) is 5.92 Å². The third kappa shape index (κ3) is 5.02. The lowest BCUT2D eigenvalue weighted by molar-refractivity contribution is 0.0882. The molecule has 1 atom stereocenters. The van der Waals surface area contributed by atoms with Gasteiger partial charge in [-0.2, -0.15) is 0 Å². The summed E-state index contributed by atoms with van der Waals surface area (Å²) in [4.78, 5) is 0. The van der Waals surface area contributed by atoms with Gasteiger partial charge in [0.05, 0.1) is 19.8 Å². The van der Waals surface area contributed by atoms with E-state index in [2.05, 4.69) is 6.58 Å². The van der Waals surface area contributed by atoms with Crippen molar-refractivity contribution in [3.05, 3.63) is 78.4 Å². The lowest BCUT2D eigenvalue weighted by Crippen LogP contribution is -2.12. The molecule has 0 unspecified atom stereocenters. The zero-order valence-corrected chi connectivity index (χ0v) is 12.7. The van der Waals surface area contributed by atoms with Crippen molar-refractivity contribution in [3.63, 3.8) is 0 Å².